The number of Topliss-reactive ketones (excluding diaryl/α,β-unsaturated/α-hetero) is 1. The topological polar surface area (TPSA) is 181 Å². The van der Waals surface area contributed by atoms with Crippen molar-refractivity contribution in [3.8, 4) is 0 Å². The van der Waals surface area contributed by atoms with Gasteiger partial charge in [-0.3, -0.25) is 24.0 Å². The van der Waals surface area contributed by atoms with Crippen LogP contribution in [0.25, 0.3) is 0 Å². The van der Waals surface area contributed by atoms with Gasteiger partial charge in [0.25, 0.3) is 0 Å². The van der Waals surface area contributed by atoms with E-state index in [1.165, 1.54) is 0 Å². The number of hydrogen-bond acceptors (Lipinski definition) is 11. The van der Waals surface area contributed by atoms with Crippen LogP contribution < -0.4 is 0 Å². The second-order valence-corrected chi connectivity index (χ2v) is 9.80. The summed E-state index contributed by atoms with van der Waals surface area (Å²) in [6.07, 6.45) is 0.915. The lowest BCUT2D eigenvalue weighted by atomic mass is 9.80. The first-order valence-corrected chi connectivity index (χ1v) is 13.9. The Morgan fingerprint density at radius 3 is 1.40 bits per heavy atom. The summed E-state index contributed by atoms with van der Waals surface area (Å²) in [6, 6.07) is 0. The minimum Gasteiger partial charge on any atom is -0.481 e. The summed E-state index contributed by atoms with van der Waals surface area (Å²) in [4.78, 5) is 59.3. The van der Waals surface area contributed by atoms with E-state index in [4.69, 9.17) is 38.6 Å². The predicted molar refractivity (Wildman–Crippen MR) is 136 cm³/mol. The Balaban J connectivity index is 1.95. The molecule has 2 saturated heterocycles. The van der Waals surface area contributed by atoms with Crippen molar-refractivity contribution >= 4 is 29.7 Å². The molecule has 0 aromatic heterocycles. The molecule has 4 unspecified atom stereocenters. The summed E-state index contributed by atoms with van der Waals surface area (Å²) in [6.45, 7) is 2.09. The molecule has 0 bridgehead atoms. The number of carboxylic acid groups (broad SMARTS) is 2. The maximum atomic E-state index is 13.9. The Bertz CT molecular complexity index is 738. The van der Waals surface area contributed by atoms with Gasteiger partial charge in [0.05, 0.1) is 65.1 Å². The molecule has 13 heteroatoms. The van der Waals surface area contributed by atoms with Crippen molar-refractivity contribution in [2.45, 2.75) is 76.4 Å². The molecule has 0 aliphatic carbocycles. The molecule has 0 aromatic carbocycles. The van der Waals surface area contributed by atoms with Gasteiger partial charge < -0.3 is 38.6 Å². The van der Waals surface area contributed by atoms with Crippen molar-refractivity contribution in [3.05, 3.63) is 0 Å². The smallest absolute Gasteiger partial charge is 0.305 e. The maximum Gasteiger partial charge on any atom is 0.305 e. The fourth-order valence-corrected chi connectivity index (χ4v) is 4.67. The molecule has 0 amide bonds. The van der Waals surface area contributed by atoms with Gasteiger partial charge in [-0.25, -0.2) is 0 Å². The van der Waals surface area contributed by atoms with Gasteiger partial charge in [0, 0.05) is 37.5 Å². The minimum absolute atomic E-state index is 0.0240. The highest BCUT2D eigenvalue weighted by Gasteiger charge is 2.39. The van der Waals surface area contributed by atoms with Crippen LogP contribution in [0.2, 0.25) is 0 Å². The third kappa shape index (κ3) is 13.6. The molecular formula is C27H42O13. The first kappa shape index (κ1) is 33.6. The summed E-state index contributed by atoms with van der Waals surface area (Å²) in [7, 11) is 0. The van der Waals surface area contributed by atoms with Gasteiger partial charge in [0.2, 0.25) is 0 Å². The number of ketones is 1. The van der Waals surface area contributed by atoms with Crippen LogP contribution in [0.3, 0.4) is 0 Å². The second-order valence-electron chi connectivity index (χ2n) is 9.80. The number of ether oxygens (including phenoxy) is 6. The average molecular weight is 575 g/mol. The van der Waals surface area contributed by atoms with Gasteiger partial charge in [0.1, 0.15) is 5.78 Å². The van der Waals surface area contributed by atoms with Crippen LogP contribution in [0.5, 0.6) is 0 Å². The average Bonchev–Trinajstić information content (AvgIpc) is 2.94. The van der Waals surface area contributed by atoms with Gasteiger partial charge in [-0.05, 0) is 38.5 Å². The summed E-state index contributed by atoms with van der Waals surface area (Å²) in [5.41, 5.74) is 0. The number of aliphatic carboxylic acids is 2. The summed E-state index contributed by atoms with van der Waals surface area (Å²) < 4.78 is 33.0. The SMILES string of the molecule is O=C(O)CCCOC(=O)CCCC(C(=O)C(CCCC(=O)OCCCC(=O)O)C1COCCO1)C1COCCO1. The summed E-state index contributed by atoms with van der Waals surface area (Å²) >= 11 is 0. The molecule has 2 N–H and O–H groups in total. The van der Waals surface area contributed by atoms with Crippen LogP contribution in [0.4, 0.5) is 0 Å². The first-order chi connectivity index (χ1) is 19.3. The molecule has 4 atom stereocenters. The third-order valence-electron chi connectivity index (χ3n) is 6.70. The molecule has 13 nitrogen and oxygen atoms in total. The number of carboxylic acids is 2. The lowest BCUT2D eigenvalue weighted by Gasteiger charge is -2.35. The van der Waals surface area contributed by atoms with E-state index in [-0.39, 0.29) is 70.7 Å². The van der Waals surface area contributed by atoms with E-state index in [0.29, 0.717) is 52.1 Å². The molecule has 0 saturated carbocycles. The van der Waals surface area contributed by atoms with Crippen molar-refractivity contribution in [1.29, 1.82) is 0 Å². The van der Waals surface area contributed by atoms with Gasteiger partial charge >= 0.3 is 23.9 Å². The van der Waals surface area contributed by atoms with Crippen molar-refractivity contribution in [2.24, 2.45) is 11.8 Å². The number of hydrogen-bond donors (Lipinski definition) is 2. The van der Waals surface area contributed by atoms with Gasteiger partial charge in [-0.1, -0.05) is 0 Å². The molecule has 40 heavy (non-hydrogen) atoms. The fourth-order valence-electron chi connectivity index (χ4n) is 4.67. The zero-order chi connectivity index (χ0) is 29.2. The molecular weight excluding hydrogens is 532 g/mol. The first-order valence-electron chi connectivity index (χ1n) is 13.9. The Hall–Kier alpha value is -2.61. The quantitative estimate of drug-likeness (QED) is 0.159. The highest BCUT2D eigenvalue weighted by Crippen LogP contribution is 2.29. The fraction of sp³-hybridized carbons (Fsp3) is 0.815. The zero-order valence-electron chi connectivity index (χ0n) is 22.9. The predicted octanol–water partition coefficient (Wildman–Crippen LogP) is 1.78. The van der Waals surface area contributed by atoms with E-state index in [1.807, 2.05) is 0 Å². The molecule has 0 aromatic rings. The van der Waals surface area contributed by atoms with Crippen LogP contribution in [0, 0.1) is 11.8 Å². The van der Waals surface area contributed by atoms with Gasteiger partial charge in [-0.15, -0.1) is 0 Å². The van der Waals surface area contributed by atoms with Crippen LogP contribution in [0.1, 0.15) is 64.2 Å². The number of carbonyl (C=O) groups excluding carboxylic acids is 3. The third-order valence-corrected chi connectivity index (χ3v) is 6.70. The van der Waals surface area contributed by atoms with Gasteiger partial charge in [0.15, 0.2) is 0 Å². The standard InChI is InChI=1S/C27H42O13/c28-23(29)7-3-11-39-25(32)9-1-5-19(21-17-35-13-15-37-21)27(34)20(22-18-36-14-16-38-22)6-2-10-26(33)40-12-4-8-24(30)31/h19-22H,1-18H2,(H,28,29)(H,30,31). The number of rotatable bonds is 20. The lowest BCUT2D eigenvalue weighted by Crippen LogP contribution is -2.46. The normalized spacial score (nSPS) is 20.7. The van der Waals surface area contributed by atoms with Crippen molar-refractivity contribution in [2.75, 3.05) is 52.9 Å². The maximum absolute atomic E-state index is 13.9. The summed E-state index contributed by atoms with van der Waals surface area (Å²) in [5, 5.41) is 17.4. The molecule has 0 spiro atoms. The highest BCUT2D eigenvalue weighted by atomic mass is 16.6. The van der Waals surface area contributed by atoms with E-state index in [1.54, 1.807) is 0 Å². The van der Waals surface area contributed by atoms with Crippen molar-refractivity contribution in [3.63, 3.8) is 0 Å². The Morgan fingerprint density at radius 1 is 0.625 bits per heavy atom. The van der Waals surface area contributed by atoms with Crippen LogP contribution in [0.15, 0.2) is 0 Å². The van der Waals surface area contributed by atoms with Crippen LogP contribution >= 0.6 is 0 Å². The molecule has 2 aliphatic rings. The largest absolute Gasteiger partial charge is 0.481 e. The van der Waals surface area contributed by atoms with E-state index in [0.717, 1.165) is 0 Å². The number of carbonyl (C=O) groups is 5. The van der Waals surface area contributed by atoms with Crippen LogP contribution in [-0.2, 0) is 52.4 Å². The minimum atomic E-state index is -0.957. The second kappa shape index (κ2) is 19.5. The van der Waals surface area contributed by atoms with E-state index in [2.05, 4.69) is 0 Å². The van der Waals surface area contributed by atoms with Crippen molar-refractivity contribution < 1.29 is 62.6 Å². The van der Waals surface area contributed by atoms with E-state index in [9.17, 15) is 24.0 Å². The molecule has 2 fully saturated rings. The Morgan fingerprint density at radius 2 is 1.05 bits per heavy atom. The number of esters is 2. The zero-order valence-corrected chi connectivity index (χ0v) is 22.9. The van der Waals surface area contributed by atoms with Crippen molar-refractivity contribution in [1.82, 2.24) is 0 Å². The molecule has 228 valence electrons. The lowest BCUT2D eigenvalue weighted by molar-refractivity contribution is -0.159. The van der Waals surface area contributed by atoms with E-state index >= 15 is 0 Å². The summed E-state index contributed by atoms with van der Waals surface area (Å²) in [5.74, 6) is -4.07. The van der Waals surface area contributed by atoms with Crippen LogP contribution in [-0.4, -0.2) is 105 Å². The molecule has 2 aliphatic heterocycles. The molecule has 2 rings (SSSR count). The monoisotopic (exact) mass is 574 g/mol. The Kier molecular flexibility index (Phi) is 16.3. The highest BCUT2D eigenvalue weighted by molar-refractivity contribution is 5.85. The Labute approximate surface area is 233 Å². The van der Waals surface area contributed by atoms with Gasteiger partial charge in [-0.2, -0.15) is 0 Å². The molecule has 0 radical (unpaired) electrons. The molecule has 2 heterocycles. The van der Waals surface area contributed by atoms with E-state index < -0.39 is 47.9 Å².